The van der Waals surface area contributed by atoms with E-state index in [0.29, 0.717) is 12.0 Å². The molecule has 10 heteroatoms. The molecule has 0 aliphatic carbocycles. The lowest BCUT2D eigenvalue weighted by atomic mass is 9.77. The van der Waals surface area contributed by atoms with Crippen molar-refractivity contribution < 1.29 is 49.3 Å². The van der Waals surface area contributed by atoms with Gasteiger partial charge in [0.15, 0.2) is 5.79 Å². The van der Waals surface area contributed by atoms with Crippen LogP contribution in [0.2, 0.25) is 0 Å². The topological polar surface area (TPSA) is 155 Å². The molecule has 2 aliphatic heterocycles. The first-order chi connectivity index (χ1) is 22.4. The Hall–Kier alpha value is -2.31. The summed E-state index contributed by atoms with van der Waals surface area (Å²) in [6.07, 6.45) is 6.66. The molecule has 0 spiro atoms. The van der Waals surface area contributed by atoms with Gasteiger partial charge in [-0.3, -0.25) is 0 Å². The lowest BCUT2D eigenvalue weighted by molar-refractivity contribution is -0.313. The van der Waals surface area contributed by atoms with Crippen LogP contribution in [0, 0.1) is 35.5 Å². The maximum absolute atomic E-state index is 13.6. The molecule has 0 aromatic carbocycles. The van der Waals surface area contributed by atoms with Crippen molar-refractivity contribution in [3.8, 4) is 0 Å². The van der Waals surface area contributed by atoms with Crippen LogP contribution in [-0.2, 0) is 23.7 Å². The standard InChI is InChI=1S/C38H62O10/c1-12-14-30-25(6)29(39)20-38(44,48-30)28(9)35(42)27(8)36-31(45-10)16-13-15-21(2)17-23(4)33(40)26(7)34(41)24(5)18-22(3)19-32(46-11)37(43)47-36/h12-16,18-19,23-31,33-36,39-42,44H,17,20H2,1-11H3/b14-12+,16-13+,21-15+,22-18+,32-19-/t23-,24-,25+,26+,27+,28+,29-,30-,31+,33+,34-,35-,36-,38-/m1/s1. The molecule has 5 N–H and O–H groups in total. The normalized spacial score (nSPS) is 42.4. The highest BCUT2D eigenvalue weighted by molar-refractivity contribution is 5.87. The van der Waals surface area contributed by atoms with Gasteiger partial charge in [0.05, 0.1) is 37.6 Å². The zero-order valence-corrected chi connectivity index (χ0v) is 30.7. The summed E-state index contributed by atoms with van der Waals surface area (Å²) in [5.41, 5.74) is 1.63. The summed E-state index contributed by atoms with van der Waals surface area (Å²) in [5, 5.41) is 56.3. The number of carbonyl (C=O) groups is 1. The molecule has 0 saturated carbocycles. The van der Waals surface area contributed by atoms with E-state index in [0.717, 1.165) is 5.57 Å². The molecule has 0 bridgehead atoms. The summed E-state index contributed by atoms with van der Waals surface area (Å²) in [5.74, 6) is -5.56. The van der Waals surface area contributed by atoms with E-state index in [1.54, 1.807) is 45.1 Å². The van der Waals surface area contributed by atoms with Crippen molar-refractivity contribution in [1.82, 2.24) is 0 Å². The highest BCUT2D eigenvalue weighted by atomic mass is 16.6. The summed E-state index contributed by atoms with van der Waals surface area (Å²) >= 11 is 0. The first-order valence-corrected chi connectivity index (χ1v) is 17.2. The third-order valence-electron chi connectivity index (χ3n) is 10.3. The molecule has 0 amide bonds. The van der Waals surface area contributed by atoms with E-state index in [1.165, 1.54) is 20.3 Å². The Morgan fingerprint density at radius 2 is 1.69 bits per heavy atom. The molecule has 0 aromatic rings. The summed E-state index contributed by atoms with van der Waals surface area (Å²) in [7, 11) is 2.83. The third kappa shape index (κ3) is 10.6. The summed E-state index contributed by atoms with van der Waals surface area (Å²) in [6.45, 7) is 16.4. The van der Waals surface area contributed by atoms with E-state index in [1.807, 2.05) is 53.7 Å². The van der Waals surface area contributed by atoms with Crippen LogP contribution in [0.25, 0.3) is 0 Å². The van der Waals surface area contributed by atoms with Gasteiger partial charge in [-0.1, -0.05) is 89.1 Å². The SMILES string of the molecule is C/C=C/[C@H]1O[C@@](O)([C@@H](C)[C@H](O)[C@H](C)[C@H]2OC(=O)/C(OC)=C/C(C)=C/[C@@H](C)[C@@H](O)[C@@H](C)[C@@H](O)[C@H](C)C/C(C)=C/C=C/[C@@H]2OC)C[C@@H](O)[C@@H]1C. The molecular weight excluding hydrogens is 616 g/mol. The molecule has 2 rings (SSSR count). The summed E-state index contributed by atoms with van der Waals surface area (Å²) in [6, 6.07) is 0. The first kappa shape index (κ1) is 41.9. The van der Waals surface area contributed by atoms with Crippen LogP contribution in [0.4, 0.5) is 0 Å². The summed E-state index contributed by atoms with van der Waals surface area (Å²) in [4.78, 5) is 13.6. The Bertz CT molecular complexity index is 1190. The van der Waals surface area contributed by atoms with E-state index in [4.69, 9.17) is 18.9 Å². The Balaban J connectivity index is 2.57. The van der Waals surface area contributed by atoms with E-state index in [2.05, 4.69) is 0 Å². The van der Waals surface area contributed by atoms with E-state index >= 15 is 0 Å². The lowest BCUT2D eigenvalue weighted by Gasteiger charge is -2.47. The number of rotatable bonds is 7. The van der Waals surface area contributed by atoms with E-state index < -0.39 is 72.2 Å². The quantitative estimate of drug-likeness (QED) is 0.191. The number of esters is 1. The van der Waals surface area contributed by atoms with Crippen molar-refractivity contribution in [3.05, 3.63) is 59.4 Å². The van der Waals surface area contributed by atoms with Crippen molar-refractivity contribution in [1.29, 1.82) is 0 Å². The summed E-state index contributed by atoms with van der Waals surface area (Å²) < 4.78 is 23.4. The zero-order valence-electron chi connectivity index (χ0n) is 30.7. The highest BCUT2D eigenvalue weighted by Crippen LogP contribution is 2.40. The maximum Gasteiger partial charge on any atom is 0.373 e. The minimum Gasteiger partial charge on any atom is -0.490 e. The molecule has 48 heavy (non-hydrogen) atoms. The number of carbonyl (C=O) groups excluding carboxylic acids is 1. The number of ether oxygens (including phenoxy) is 4. The van der Waals surface area contributed by atoms with Crippen LogP contribution < -0.4 is 0 Å². The average Bonchev–Trinajstić information content (AvgIpc) is 3.04. The first-order valence-electron chi connectivity index (χ1n) is 17.2. The second kappa shape index (κ2) is 18.6. The van der Waals surface area contributed by atoms with Gasteiger partial charge < -0.3 is 44.5 Å². The number of aliphatic hydroxyl groups excluding tert-OH is 4. The van der Waals surface area contributed by atoms with Gasteiger partial charge in [0.25, 0.3) is 0 Å². The maximum atomic E-state index is 13.6. The number of cyclic esters (lactones) is 1. The van der Waals surface area contributed by atoms with Gasteiger partial charge in [-0.2, -0.15) is 0 Å². The van der Waals surface area contributed by atoms with Crippen molar-refractivity contribution in [2.75, 3.05) is 14.2 Å². The van der Waals surface area contributed by atoms with Gasteiger partial charge in [-0.05, 0) is 39.2 Å². The number of allylic oxidation sites excluding steroid dienone is 6. The second-order valence-electron chi connectivity index (χ2n) is 14.2. The van der Waals surface area contributed by atoms with Crippen LogP contribution in [0.1, 0.15) is 75.2 Å². The van der Waals surface area contributed by atoms with Crippen LogP contribution in [0.15, 0.2) is 59.4 Å². The van der Waals surface area contributed by atoms with Crippen molar-refractivity contribution >= 4 is 5.97 Å². The molecule has 2 heterocycles. The van der Waals surface area contributed by atoms with Crippen LogP contribution >= 0.6 is 0 Å². The van der Waals surface area contributed by atoms with Gasteiger partial charge in [0.1, 0.15) is 12.2 Å². The number of aliphatic hydroxyl groups is 5. The molecule has 1 saturated heterocycles. The van der Waals surface area contributed by atoms with E-state index in [9.17, 15) is 30.3 Å². The highest BCUT2D eigenvalue weighted by Gasteiger charge is 2.50. The Labute approximate surface area is 287 Å². The fourth-order valence-corrected chi connectivity index (χ4v) is 6.88. The Morgan fingerprint density at radius 3 is 2.27 bits per heavy atom. The largest absolute Gasteiger partial charge is 0.490 e. The molecule has 2 aliphatic rings. The van der Waals surface area contributed by atoms with Gasteiger partial charge >= 0.3 is 5.97 Å². The minimum atomic E-state index is -1.86. The van der Waals surface area contributed by atoms with Crippen molar-refractivity contribution in [3.63, 3.8) is 0 Å². The molecule has 274 valence electrons. The number of hydrogen-bond donors (Lipinski definition) is 5. The molecule has 1 fully saturated rings. The molecule has 0 aromatic heterocycles. The Morgan fingerprint density at radius 1 is 1.04 bits per heavy atom. The van der Waals surface area contributed by atoms with Crippen LogP contribution in [0.3, 0.4) is 0 Å². The van der Waals surface area contributed by atoms with E-state index in [-0.39, 0.29) is 29.9 Å². The molecule has 14 atom stereocenters. The fourth-order valence-electron chi connectivity index (χ4n) is 6.88. The lowest BCUT2D eigenvalue weighted by Crippen LogP contribution is -2.58. The number of methoxy groups -OCH3 is 2. The predicted molar refractivity (Wildman–Crippen MR) is 185 cm³/mol. The zero-order chi connectivity index (χ0) is 36.5. The van der Waals surface area contributed by atoms with Crippen molar-refractivity contribution in [2.24, 2.45) is 35.5 Å². The second-order valence-corrected chi connectivity index (χ2v) is 14.2. The molecule has 0 radical (unpaired) electrons. The molecular formula is C38H62O10. The van der Waals surface area contributed by atoms with Crippen LogP contribution in [-0.4, -0.2) is 94.2 Å². The van der Waals surface area contributed by atoms with Crippen molar-refractivity contribution in [2.45, 2.75) is 124 Å². The average molecular weight is 679 g/mol. The van der Waals surface area contributed by atoms with Gasteiger partial charge in [-0.15, -0.1) is 0 Å². The van der Waals surface area contributed by atoms with Gasteiger partial charge in [0, 0.05) is 43.1 Å². The van der Waals surface area contributed by atoms with Crippen LogP contribution in [0.5, 0.6) is 0 Å². The smallest absolute Gasteiger partial charge is 0.373 e. The number of hydrogen-bond acceptors (Lipinski definition) is 10. The minimum absolute atomic E-state index is 0.0943. The molecule has 0 unspecified atom stereocenters. The monoisotopic (exact) mass is 678 g/mol. The third-order valence-corrected chi connectivity index (χ3v) is 10.3. The van der Waals surface area contributed by atoms with Gasteiger partial charge in [-0.25, -0.2) is 4.79 Å². The van der Waals surface area contributed by atoms with Gasteiger partial charge in [0.2, 0.25) is 5.76 Å². The predicted octanol–water partition coefficient (Wildman–Crippen LogP) is 4.61. The Kier molecular flexibility index (Phi) is 16.2. The fraction of sp³-hybridized carbons (Fsp3) is 0.711. The molecule has 10 nitrogen and oxygen atoms in total.